The maximum atomic E-state index is 13.3. The lowest BCUT2D eigenvalue weighted by atomic mass is 10.2. The van der Waals surface area contributed by atoms with Gasteiger partial charge in [0.05, 0.1) is 5.69 Å². The summed E-state index contributed by atoms with van der Waals surface area (Å²) in [6, 6.07) is 16.1. The molecule has 2 aromatic carbocycles. The quantitative estimate of drug-likeness (QED) is 0.728. The Morgan fingerprint density at radius 1 is 1.19 bits per heavy atom. The van der Waals surface area contributed by atoms with Gasteiger partial charge in [-0.05, 0) is 29.8 Å². The molecular weight excluding hydrogens is 345 g/mol. The molecule has 1 aliphatic heterocycles. The van der Waals surface area contributed by atoms with Crippen molar-refractivity contribution in [2.24, 2.45) is 0 Å². The summed E-state index contributed by atoms with van der Waals surface area (Å²) in [6.45, 7) is 1.55. The number of rotatable bonds is 6. The van der Waals surface area contributed by atoms with E-state index in [0.717, 1.165) is 16.8 Å². The number of nitrogens with one attached hydrogen (secondary N) is 1. The second-order valence-corrected chi connectivity index (χ2v) is 6.70. The van der Waals surface area contributed by atoms with Crippen molar-refractivity contribution in [2.75, 3.05) is 6.54 Å². The largest absolute Gasteiger partial charge is 0.444 e. The minimum absolute atomic E-state index is 0.0444. The molecule has 3 aromatic rings. The number of likely N-dealkylation sites (tertiary alicyclic amines) is 1. The van der Waals surface area contributed by atoms with Crippen LogP contribution in [-0.2, 0) is 17.9 Å². The highest BCUT2D eigenvalue weighted by atomic mass is 19.1. The van der Waals surface area contributed by atoms with Gasteiger partial charge < -0.3 is 14.6 Å². The van der Waals surface area contributed by atoms with Crippen molar-refractivity contribution in [1.29, 1.82) is 0 Å². The van der Waals surface area contributed by atoms with Crippen LogP contribution in [0.3, 0.4) is 0 Å². The van der Waals surface area contributed by atoms with Gasteiger partial charge in [-0.15, -0.1) is 0 Å². The molecule has 5 nitrogen and oxygen atoms in total. The number of aromatic nitrogens is 1. The van der Waals surface area contributed by atoms with Crippen LogP contribution in [0.25, 0.3) is 11.5 Å². The van der Waals surface area contributed by atoms with E-state index in [2.05, 4.69) is 10.3 Å². The molecule has 1 amide bonds. The average Bonchev–Trinajstić information content (AvgIpc) is 3.28. The Morgan fingerprint density at radius 2 is 2.04 bits per heavy atom. The molecule has 1 aromatic heterocycles. The van der Waals surface area contributed by atoms with Gasteiger partial charge in [0.25, 0.3) is 0 Å². The molecule has 1 aliphatic rings. The van der Waals surface area contributed by atoms with Crippen LogP contribution < -0.4 is 5.32 Å². The smallest absolute Gasteiger partial charge is 0.226 e. The Morgan fingerprint density at radius 3 is 2.85 bits per heavy atom. The zero-order valence-electron chi connectivity index (χ0n) is 14.8. The van der Waals surface area contributed by atoms with Gasteiger partial charge in [-0.1, -0.05) is 30.3 Å². The van der Waals surface area contributed by atoms with Gasteiger partial charge in [0.2, 0.25) is 11.8 Å². The van der Waals surface area contributed by atoms with Gasteiger partial charge in [-0.2, -0.15) is 0 Å². The van der Waals surface area contributed by atoms with Gasteiger partial charge in [-0.25, -0.2) is 9.37 Å². The van der Waals surface area contributed by atoms with E-state index in [1.54, 1.807) is 17.2 Å². The van der Waals surface area contributed by atoms with Crippen molar-refractivity contribution in [3.05, 3.63) is 77.9 Å². The van der Waals surface area contributed by atoms with Crippen LogP contribution >= 0.6 is 0 Å². The molecule has 0 aliphatic carbocycles. The van der Waals surface area contributed by atoms with Crippen molar-refractivity contribution in [1.82, 2.24) is 15.2 Å². The van der Waals surface area contributed by atoms with Crippen LogP contribution in [0.1, 0.15) is 17.7 Å². The highest BCUT2D eigenvalue weighted by molar-refractivity contribution is 5.79. The first-order chi connectivity index (χ1) is 13.2. The Kier molecular flexibility index (Phi) is 4.98. The lowest BCUT2D eigenvalue weighted by molar-refractivity contribution is -0.128. The van der Waals surface area contributed by atoms with Crippen molar-refractivity contribution in [3.8, 4) is 11.5 Å². The third kappa shape index (κ3) is 4.23. The second-order valence-electron chi connectivity index (χ2n) is 6.70. The normalized spacial score (nSPS) is 16.9. The fraction of sp³-hybridized carbons (Fsp3) is 0.238. The lowest BCUT2D eigenvalue weighted by Gasteiger charge is -2.17. The average molecular weight is 365 g/mol. The van der Waals surface area contributed by atoms with E-state index in [-0.39, 0.29) is 17.8 Å². The van der Waals surface area contributed by atoms with Crippen molar-refractivity contribution in [3.63, 3.8) is 0 Å². The highest BCUT2D eigenvalue weighted by Crippen LogP contribution is 2.19. The predicted molar refractivity (Wildman–Crippen MR) is 99.0 cm³/mol. The van der Waals surface area contributed by atoms with Crippen LogP contribution in [0, 0.1) is 5.82 Å². The fourth-order valence-electron chi connectivity index (χ4n) is 3.27. The molecule has 1 atom stereocenters. The predicted octanol–water partition coefficient (Wildman–Crippen LogP) is 3.37. The zero-order chi connectivity index (χ0) is 18.6. The number of amides is 1. The number of halogens is 1. The molecule has 1 fully saturated rings. The Bertz CT molecular complexity index is 926. The lowest BCUT2D eigenvalue weighted by Crippen LogP contribution is -2.32. The van der Waals surface area contributed by atoms with Gasteiger partial charge in [0, 0.05) is 37.7 Å². The SMILES string of the molecule is O=C1CC(NCc2coc(-c3ccccc3)n2)CN1Cc1cccc(F)c1. The van der Waals surface area contributed by atoms with Crippen molar-refractivity contribution < 1.29 is 13.6 Å². The molecule has 0 bridgehead atoms. The topological polar surface area (TPSA) is 58.4 Å². The van der Waals surface area contributed by atoms with Crippen LogP contribution in [0.5, 0.6) is 0 Å². The Balaban J connectivity index is 1.32. The summed E-state index contributed by atoms with van der Waals surface area (Å²) in [6.07, 6.45) is 2.06. The maximum Gasteiger partial charge on any atom is 0.226 e. The van der Waals surface area contributed by atoms with Crippen molar-refractivity contribution >= 4 is 5.91 Å². The van der Waals surface area contributed by atoms with Crippen molar-refractivity contribution in [2.45, 2.75) is 25.6 Å². The first kappa shape index (κ1) is 17.4. The molecule has 2 heterocycles. The molecule has 0 radical (unpaired) electrons. The zero-order valence-corrected chi connectivity index (χ0v) is 14.8. The van der Waals surface area contributed by atoms with E-state index in [0.29, 0.717) is 31.9 Å². The summed E-state index contributed by atoms with van der Waals surface area (Å²) in [5.74, 6) is 0.374. The monoisotopic (exact) mass is 365 g/mol. The second kappa shape index (κ2) is 7.72. The van der Waals surface area contributed by atoms with E-state index in [9.17, 15) is 9.18 Å². The minimum Gasteiger partial charge on any atom is -0.444 e. The Hall–Kier alpha value is -2.99. The minimum atomic E-state index is -0.283. The summed E-state index contributed by atoms with van der Waals surface area (Å²) >= 11 is 0. The van der Waals surface area contributed by atoms with E-state index in [1.165, 1.54) is 12.1 Å². The molecule has 1 saturated heterocycles. The number of hydrogen-bond acceptors (Lipinski definition) is 4. The number of carbonyl (C=O) groups is 1. The fourth-order valence-corrected chi connectivity index (χ4v) is 3.27. The molecular formula is C21H20FN3O2. The van der Waals surface area contributed by atoms with Gasteiger partial charge in [-0.3, -0.25) is 4.79 Å². The molecule has 0 spiro atoms. The highest BCUT2D eigenvalue weighted by Gasteiger charge is 2.29. The van der Waals surface area contributed by atoms with E-state index >= 15 is 0 Å². The van der Waals surface area contributed by atoms with Gasteiger partial charge >= 0.3 is 0 Å². The number of benzene rings is 2. The summed E-state index contributed by atoms with van der Waals surface area (Å²) in [5.41, 5.74) is 2.53. The molecule has 27 heavy (non-hydrogen) atoms. The summed E-state index contributed by atoms with van der Waals surface area (Å²) in [7, 11) is 0. The van der Waals surface area contributed by atoms with Crippen LogP contribution in [0.15, 0.2) is 65.3 Å². The molecule has 138 valence electrons. The van der Waals surface area contributed by atoms with Crippen LogP contribution in [-0.4, -0.2) is 28.4 Å². The molecule has 1 N–H and O–H groups in total. The Labute approximate surface area is 156 Å². The van der Waals surface area contributed by atoms with Gasteiger partial charge in [0.15, 0.2) is 0 Å². The first-order valence-electron chi connectivity index (χ1n) is 8.93. The van der Waals surface area contributed by atoms with Crippen LogP contribution in [0.2, 0.25) is 0 Å². The summed E-state index contributed by atoms with van der Waals surface area (Å²) in [5, 5.41) is 3.36. The number of nitrogens with zero attached hydrogens (tertiary/aromatic N) is 2. The molecule has 6 heteroatoms. The number of oxazole rings is 1. The first-order valence-corrected chi connectivity index (χ1v) is 8.93. The molecule has 0 saturated carbocycles. The van der Waals surface area contributed by atoms with Crippen LogP contribution in [0.4, 0.5) is 4.39 Å². The summed E-state index contributed by atoms with van der Waals surface area (Å²) < 4.78 is 18.9. The van der Waals surface area contributed by atoms with E-state index in [1.807, 2.05) is 36.4 Å². The van der Waals surface area contributed by atoms with E-state index < -0.39 is 0 Å². The molecule has 1 unspecified atom stereocenters. The summed E-state index contributed by atoms with van der Waals surface area (Å²) in [4.78, 5) is 18.5. The number of hydrogen-bond donors (Lipinski definition) is 1. The van der Waals surface area contributed by atoms with Gasteiger partial charge in [0.1, 0.15) is 12.1 Å². The number of carbonyl (C=O) groups excluding carboxylic acids is 1. The third-order valence-electron chi connectivity index (χ3n) is 4.62. The third-order valence-corrected chi connectivity index (χ3v) is 4.62. The maximum absolute atomic E-state index is 13.3. The van der Waals surface area contributed by atoms with E-state index in [4.69, 9.17) is 4.42 Å². The molecule has 4 rings (SSSR count). The standard InChI is InChI=1S/C21H20FN3O2/c22-17-8-4-5-15(9-17)12-25-13-18(10-20(25)26)23-11-19-14-27-21(24-19)16-6-2-1-3-7-16/h1-9,14,18,23H,10-13H2.